The van der Waals surface area contributed by atoms with Gasteiger partial charge in [0, 0.05) is 45.0 Å². The molecule has 0 saturated carbocycles. The van der Waals surface area contributed by atoms with Crippen molar-refractivity contribution in [1.29, 1.82) is 0 Å². The Hall–Kier alpha value is -2.12. The van der Waals surface area contributed by atoms with Crippen LogP contribution in [0.4, 0.5) is 0 Å². The predicted molar refractivity (Wildman–Crippen MR) is 107 cm³/mol. The van der Waals surface area contributed by atoms with Gasteiger partial charge in [0.05, 0.1) is 12.7 Å². The topological polar surface area (TPSA) is 84.0 Å². The fraction of sp³-hybridized carbons (Fsp3) is 0.600. The second kappa shape index (κ2) is 13.1. The zero-order valence-electron chi connectivity index (χ0n) is 16.2. The van der Waals surface area contributed by atoms with Crippen molar-refractivity contribution >= 4 is 11.9 Å². The number of ether oxygens (including phenoxy) is 2. The van der Waals surface area contributed by atoms with Crippen LogP contribution >= 0.6 is 0 Å². The first-order chi connectivity index (χ1) is 13.3. The molecule has 2 rings (SSSR count). The van der Waals surface area contributed by atoms with E-state index in [1.54, 1.807) is 0 Å². The second-order valence-electron chi connectivity index (χ2n) is 6.37. The molecule has 1 saturated heterocycles. The number of amides is 1. The van der Waals surface area contributed by atoms with E-state index in [2.05, 4.69) is 20.9 Å². The van der Waals surface area contributed by atoms with Crippen LogP contribution < -0.4 is 16.0 Å². The molecule has 7 heteroatoms. The van der Waals surface area contributed by atoms with Gasteiger partial charge in [0.1, 0.15) is 0 Å². The standard InChI is InChI=1S/C20H32N4O3/c1-2-21-20(24-13-7-14-27-18-10-15-26-16-18)23-12-6-11-22-19(25)17-8-4-3-5-9-17/h3-5,8-9,18H,2,6-7,10-16H2,1H3,(H,22,25)(H2,21,23,24). The lowest BCUT2D eigenvalue weighted by molar-refractivity contribution is 0.0420. The summed E-state index contributed by atoms with van der Waals surface area (Å²) in [5.74, 6) is 0.758. The van der Waals surface area contributed by atoms with E-state index in [0.717, 1.165) is 58.1 Å². The number of benzene rings is 1. The molecule has 0 aromatic heterocycles. The third-order valence-corrected chi connectivity index (χ3v) is 4.13. The molecule has 1 fully saturated rings. The van der Waals surface area contributed by atoms with Crippen LogP contribution in [0.25, 0.3) is 0 Å². The van der Waals surface area contributed by atoms with E-state index >= 15 is 0 Å². The van der Waals surface area contributed by atoms with Crippen LogP contribution in [-0.2, 0) is 9.47 Å². The highest BCUT2D eigenvalue weighted by molar-refractivity contribution is 5.94. The van der Waals surface area contributed by atoms with Crippen LogP contribution in [0.2, 0.25) is 0 Å². The molecule has 0 radical (unpaired) electrons. The number of rotatable bonds is 11. The van der Waals surface area contributed by atoms with E-state index in [0.29, 0.717) is 18.7 Å². The van der Waals surface area contributed by atoms with Gasteiger partial charge in [0.2, 0.25) is 0 Å². The van der Waals surface area contributed by atoms with E-state index in [9.17, 15) is 4.79 Å². The Balaban J connectivity index is 1.56. The molecular formula is C20H32N4O3. The molecule has 1 aromatic carbocycles. The van der Waals surface area contributed by atoms with Gasteiger partial charge >= 0.3 is 0 Å². The number of hydrogen-bond acceptors (Lipinski definition) is 4. The van der Waals surface area contributed by atoms with E-state index in [1.165, 1.54) is 0 Å². The smallest absolute Gasteiger partial charge is 0.251 e. The summed E-state index contributed by atoms with van der Waals surface area (Å²) in [7, 11) is 0. The van der Waals surface area contributed by atoms with Gasteiger partial charge in [0.15, 0.2) is 5.96 Å². The summed E-state index contributed by atoms with van der Waals surface area (Å²) in [5, 5.41) is 9.46. The first-order valence-corrected chi connectivity index (χ1v) is 9.84. The highest BCUT2D eigenvalue weighted by Gasteiger charge is 2.15. The quantitative estimate of drug-likeness (QED) is 0.310. The molecular weight excluding hydrogens is 344 g/mol. The lowest BCUT2D eigenvalue weighted by Crippen LogP contribution is -2.38. The van der Waals surface area contributed by atoms with Gasteiger partial charge in [-0.1, -0.05) is 18.2 Å². The fourth-order valence-corrected chi connectivity index (χ4v) is 2.68. The summed E-state index contributed by atoms with van der Waals surface area (Å²) >= 11 is 0. The zero-order valence-corrected chi connectivity index (χ0v) is 16.2. The molecule has 1 aliphatic heterocycles. The van der Waals surface area contributed by atoms with Crippen LogP contribution in [-0.4, -0.2) is 64.0 Å². The zero-order chi connectivity index (χ0) is 19.2. The minimum Gasteiger partial charge on any atom is -0.379 e. The Labute approximate surface area is 161 Å². The highest BCUT2D eigenvalue weighted by Crippen LogP contribution is 2.07. The first-order valence-electron chi connectivity index (χ1n) is 9.84. The minimum absolute atomic E-state index is 0.0442. The maximum Gasteiger partial charge on any atom is 0.251 e. The predicted octanol–water partition coefficient (Wildman–Crippen LogP) is 1.56. The van der Waals surface area contributed by atoms with Crippen LogP contribution in [0.3, 0.4) is 0 Å². The molecule has 1 aromatic rings. The minimum atomic E-state index is -0.0442. The van der Waals surface area contributed by atoms with Crippen molar-refractivity contribution in [3.05, 3.63) is 35.9 Å². The van der Waals surface area contributed by atoms with Gasteiger partial charge in [-0.15, -0.1) is 0 Å². The third kappa shape index (κ3) is 8.88. The van der Waals surface area contributed by atoms with E-state index in [-0.39, 0.29) is 12.0 Å². The summed E-state index contributed by atoms with van der Waals surface area (Å²) < 4.78 is 11.0. The van der Waals surface area contributed by atoms with Crippen molar-refractivity contribution in [2.45, 2.75) is 32.3 Å². The number of nitrogens with zero attached hydrogens (tertiary/aromatic N) is 1. The van der Waals surface area contributed by atoms with Crippen molar-refractivity contribution in [3.8, 4) is 0 Å². The number of carbonyl (C=O) groups excluding carboxylic acids is 1. The molecule has 27 heavy (non-hydrogen) atoms. The van der Waals surface area contributed by atoms with Crippen molar-refractivity contribution in [2.75, 3.05) is 46.0 Å². The van der Waals surface area contributed by atoms with Gasteiger partial charge in [-0.2, -0.15) is 0 Å². The SMILES string of the molecule is CCNC(=NCCCNC(=O)c1ccccc1)NCCCOC1CCOC1. The molecule has 7 nitrogen and oxygen atoms in total. The molecule has 1 unspecified atom stereocenters. The maximum absolute atomic E-state index is 12.0. The molecule has 3 N–H and O–H groups in total. The van der Waals surface area contributed by atoms with Crippen LogP contribution in [0.1, 0.15) is 36.5 Å². The van der Waals surface area contributed by atoms with E-state index < -0.39 is 0 Å². The Morgan fingerprint density at radius 1 is 1.19 bits per heavy atom. The number of nitrogens with one attached hydrogen (secondary N) is 3. The number of carbonyl (C=O) groups is 1. The Bertz CT molecular complexity index is 560. The Kier molecular flexibility index (Phi) is 10.3. The summed E-state index contributed by atoms with van der Waals surface area (Å²) in [6.07, 6.45) is 2.98. The second-order valence-corrected chi connectivity index (χ2v) is 6.37. The van der Waals surface area contributed by atoms with Gasteiger partial charge in [-0.25, -0.2) is 0 Å². The molecule has 150 valence electrons. The van der Waals surface area contributed by atoms with Crippen molar-refractivity contribution in [1.82, 2.24) is 16.0 Å². The third-order valence-electron chi connectivity index (χ3n) is 4.13. The van der Waals surface area contributed by atoms with Crippen molar-refractivity contribution in [3.63, 3.8) is 0 Å². The molecule has 0 bridgehead atoms. The van der Waals surface area contributed by atoms with Gasteiger partial charge < -0.3 is 25.4 Å². The van der Waals surface area contributed by atoms with Gasteiger partial charge in [-0.05, 0) is 38.3 Å². The van der Waals surface area contributed by atoms with E-state index in [4.69, 9.17) is 9.47 Å². The van der Waals surface area contributed by atoms with Crippen LogP contribution in [0.5, 0.6) is 0 Å². The van der Waals surface area contributed by atoms with E-state index in [1.807, 2.05) is 37.3 Å². The van der Waals surface area contributed by atoms with Crippen LogP contribution in [0.15, 0.2) is 35.3 Å². The molecule has 1 amide bonds. The molecule has 1 heterocycles. The monoisotopic (exact) mass is 376 g/mol. The molecule has 0 spiro atoms. The average Bonchev–Trinajstić information content (AvgIpc) is 3.21. The number of aliphatic imine (C=N–C) groups is 1. The maximum atomic E-state index is 12.0. The first kappa shape index (κ1) is 21.2. The fourth-order valence-electron chi connectivity index (χ4n) is 2.68. The summed E-state index contributed by atoms with van der Waals surface area (Å²) in [6.45, 7) is 7.18. The summed E-state index contributed by atoms with van der Waals surface area (Å²) in [6, 6.07) is 9.24. The summed E-state index contributed by atoms with van der Waals surface area (Å²) in [4.78, 5) is 16.5. The lowest BCUT2D eigenvalue weighted by Gasteiger charge is -2.13. The number of guanidine groups is 1. The normalized spacial score (nSPS) is 16.9. The molecule has 1 aliphatic rings. The van der Waals surface area contributed by atoms with Crippen LogP contribution in [0, 0.1) is 0 Å². The van der Waals surface area contributed by atoms with Crippen molar-refractivity contribution < 1.29 is 14.3 Å². The average molecular weight is 377 g/mol. The molecule has 1 atom stereocenters. The Morgan fingerprint density at radius 3 is 2.74 bits per heavy atom. The summed E-state index contributed by atoms with van der Waals surface area (Å²) in [5.41, 5.74) is 0.683. The van der Waals surface area contributed by atoms with Crippen molar-refractivity contribution in [2.24, 2.45) is 4.99 Å². The lowest BCUT2D eigenvalue weighted by atomic mass is 10.2. The largest absolute Gasteiger partial charge is 0.379 e. The van der Waals surface area contributed by atoms with Gasteiger partial charge in [0.25, 0.3) is 5.91 Å². The number of hydrogen-bond donors (Lipinski definition) is 3. The Morgan fingerprint density at radius 2 is 2.00 bits per heavy atom. The van der Waals surface area contributed by atoms with Gasteiger partial charge in [-0.3, -0.25) is 9.79 Å². The molecule has 0 aliphatic carbocycles. The highest BCUT2D eigenvalue weighted by atomic mass is 16.5.